The van der Waals surface area contributed by atoms with Crippen LogP contribution in [0.3, 0.4) is 0 Å². The van der Waals surface area contributed by atoms with Crippen molar-refractivity contribution in [1.82, 2.24) is 9.03 Å². The molecule has 5 nitrogen and oxygen atoms in total. The van der Waals surface area contributed by atoms with Crippen LogP contribution in [-0.4, -0.2) is 39.5 Å². The molecule has 0 bridgehead atoms. The van der Waals surface area contributed by atoms with Gasteiger partial charge in [0.1, 0.15) is 5.75 Å². The summed E-state index contributed by atoms with van der Waals surface area (Å²) in [6, 6.07) is 7.67. The number of hydrogen-bond acceptors (Lipinski definition) is 3. The van der Waals surface area contributed by atoms with Crippen molar-refractivity contribution in [2.24, 2.45) is 5.92 Å². The van der Waals surface area contributed by atoms with Gasteiger partial charge in [-0.2, -0.15) is 12.7 Å². The van der Waals surface area contributed by atoms with Crippen LogP contribution < -0.4 is 9.46 Å². The second kappa shape index (κ2) is 7.24. The third-order valence-electron chi connectivity index (χ3n) is 3.83. The Kier molecular flexibility index (Phi) is 5.61. The van der Waals surface area contributed by atoms with Crippen LogP contribution in [0.15, 0.2) is 24.3 Å². The van der Waals surface area contributed by atoms with Crippen LogP contribution in [0.25, 0.3) is 0 Å². The zero-order valence-corrected chi connectivity index (χ0v) is 13.5. The average molecular weight is 312 g/mol. The molecule has 0 aromatic heterocycles. The summed E-state index contributed by atoms with van der Waals surface area (Å²) in [4.78, 5) is 0. The first-order chi connectivity index (χ1) is 10.0. The summed E-state index contributed by atoms with van der Waals surface area (Å²) in [6.07, 6.45) is 2.66. The summed E-state index contributed by atoms with van der Waals surface area (Å²) >= 11 is 0. The lowest BCUT2D eigenvalue weighted by atomic mass is 10.0. The molecule has 2 rings (SSSR count). The van der Waals surface area contributed by atoms with E-state index in [2.05, 4.69) is 11.6 Å². The first kappa shape index (κ1) is 16.3. The Labute approximate surface area is 127 Å². The summed E-state index contributed by atoms with van der Waals surface area (Å²) in [5.74, 6) is 1.23. The van der Waals surface area contributed by atoms with E-state index in [-0.39, 0.29) is 0 Å². The van der Waals surface area contributed by atoms with Crippen LogP contribution in [-0.2, 0) is 16.6 Å². The number of piperidine rings is 1. The Bertz CT molecular complexity index is 560. The van der Waals surface area contributed by atoms with E-state index < -0.39 is 10.2 Å². The molecule has 0 aliphatic carbocycles. The zero-order chi connectivity index (χ0) is 15.3. The molecule has 1 heterocycles. The molecule has 0 radical (unpaired) electrons. The molecule has 0 amide bonds. The number of methoxy groups -OCH3 is 1. The molecule has 1 unspecified atom stereocenters. The van der Waals surface area contributed by atoms with E-state index in [1.807, 2.05) is 24.3 Å². The predicted octanol–water partition coefficient (Wildman–Crippen LogP) is 1.80. The highest BCUT2D eigenvalue weighted by Crippen LogP contribution is 2.19. The summed E-state index contributed by atoms with van der Waals surface area (Å²) < 4.78 is 34.0. The van der Waals surface area contributed by atoms with E-state index in [0.29, 0.717) is 32.0 Å². The van der Waals surface area contributed by atoms with Gasteiger partial charge in [-0.05, 0) is 36.8 Å². The van der Waals surface area contributed by atoms with Crippen molar-refractivity contribution < 1.29 is 13.2 Å². The summed E-state index contributed by atoms with van der Waals surface area (Å²) in [7, 11) is -1.74. The SMILES string of the molecule is COc1ccccc1CCNS(=O)(=O)N1CCCC(C)C1. The van der Waals surface area contributed by atoms with Crippen molar-refractivity contribution in [3.8, 4) is 5.75 Å². The van der Waals surface area contributed by atoms with Gasteiger partial charge in [0.25, 0.3) is 10.2 Å². The first-order valence-electron chi connectivity index (χ1n) is 7.39. The normalized spacial score (nSPS) is 20.4. The van der Waals surface area contributed by atoms with Gasteiger partial charge in [-0.25, -0.2) is 4.72 Å². The van der Waals surface area contributed by atoms with Gasteiger partial charge in [0, 0.05) is 19.6 Å². The molecule has 0 saturated carbocycles. The number of nitrogens with one attached hydrogen (secondary N) is 1. The molecule has 1 aromatic carbocycles. The number of nitrogens with zero attached hydrogens (tertiary/aromatic N) is 1. The Morgan fingerprint density at radius 3 is 2.86 bits per heavy atom. The van der Waals surface area contributed by atoms with Crippen LogP contribution in [0.5, 0.6) is 5.75 Å². The summed E-state index contributed by atoms with van der Waals surface area (Å²) in [6.45, 7) is 3.71. The minimum atomic E-state index is -3.36. The van der Waals surface area contributed by atoms with E-state index >= 15 is 0 Å². The monoisotopic (exact) mass is 312 g/mol. The third kappa shape index (κ3) is 4.43. The van der Waals surface area contributed by atoms with Gasteiger partial charge < -0.3 is 4.74 Å². The molecule has 0 spiro atoms. The molecule has 1 aliphatic rings. The van der Waals surface area contributed by atoms with Gasteiger partial charge >= 0.3 is 0 Å². The van der Waals surface area contributed by atoms with Gasteiger partial charge in [-0.1, -0.05) is 25.1 Å². The Hall–Kier alpha value is -1.11. The van der Waals surface area contributed by atoms with Crippen LogP contribution in [0.2, 0.25) is 0 Å². The molecule has 1 fully saturated rings. The van der Waals surface area contributed by atoms with E-state index in [0.717, 1.165) is 24.2 Å². The highest BCUT2D eigenvalue weighted by Gasteiger charge is 2.26. The summed E-state index contributed by atoms with van der Waals surface area (Å²) in [5, 5.41) is 0. The minimum Gasteiger partial charge on any atom is -0.496 e. The number of benzene rings is 1. The fourth-order valence-electron chi connectivity index (χ4n) is 2.68. The van der Waals surface area contributed by atoms with Crippen LogP contribution in [0.1, 0.15) is 25.3 Å². The number of rotatable bonds is 6. The number of para-hydroxylation sites is 1. The van der Waals surface area contributed by atoms with E-state index in [1.54, 1.807) is 11.4 Å². The zero-order valence-electron chi connectivity index (χ0n) is 12.7. The molecule has 21 heavy (non-hydrogen) atoms. The maximum atomic E-state index is 12.3. The van der Waals surface area contributed by atoms with Gasteiger partial charge in [0.05, 0.1) is 7.11 Å². The highest BCUT2D eigenvalue weighted by atomic mass is 32.2. The molecule has 1 aromatic rings. The second-order valence-corrected chi connectivity index (χ2v) is 7.32. The van der Waals surface area contributed by atoms with Gasteiger partial charge in [0.2, 0.25) is 0 Å². The molecule has 1 aliphatic heterocycles. The fourth-order valence-corrected chi connectivity index (χ4v) is 4.04. The highest BCUT2D eigenvalue weighted by molar-refractivity contribution is 7.87. The standard InChI is InChI=1S/C15H24N2O3S/c1-13-6-5-11-17(12-13)21(18,19)16-10-9-14-7-3-4-8-15(14)20-2/h3-4,7-8,13,16H,5-6,9-12H2,1-2H3. The van der Waals surface area contributed by atoms with Gasteiger partial charge in [-0.15, -0.1) is 0 Å². The van der Waals surface area contributed by atoms with Crippen LogP contribution >= 0.6 is 0 Å². The smallest absolute Gasteiger partial charge is 0.279 e. The first-order valence-corrected chi connectivity index (χ1v) is 8.83. The Morgan fingerprint density at radius 1 is 1.38 bits per heavy atom. The third-order valence-corrected chi connectivity index (χ3v) is 5.41. The lowest BCUT2D eigenvalue weighted by molar-refractivity contribution is 0.278. The molecule has 6 heteroatoms. The summed E-state index contributed by atoms with van der Waals surface area (Å²) in [5.41, 5.74) is 1.01. The van der Waals surface area contributed by atoms with Crippen LogP contribution in [0, 0.1) is 5.92 Å². The predicted molar refractivity (Wildman–Crippen MR) is 83.6 cm³/mol. The lowest BCUT2D eigenvalue weighted by Crippen LogP contribution is -2.46. The van der Waals surface area contributed by atoms with Crippen molar-refractivity contribution in [2.75, 3.05) is 26.7 Å². The van der Waals surface area contributed by atoms with Crippen molar-refractivity contribution in [3.05, 3.63) is 29.8 Å². The van der Waals surface area contributed by atoms with E-state index in [4.69, 9.17) is 4.74 Å². The van der Waals surface area contributed by atoms with Crippen LogP contribution in [0.4, 0.5) is 0 Å². The van der Waals surface area contributed by atoms with Crippen molar-refractivity contribution in [3.63, 3.8) is 0 Å². The molecular weight excluding hydrogens is 288 g/mol. The quantitative estimate of drug-likeness (QED) is 0.871. The van der Waals surface area contributed by atoms with Crippen molar-refractivity contribution in [1.29, 1.82) is 0 Å². The molecule has 1 saturated heterocycles. The molecule has 1 atom stereocenters. The lowest BCUT2D eigenvalue weighted by Gasteiger charge is -2.30. The maximum Gasteiger partial charge on any atom is 0.279 e. The fraction of sp³-hybridized carbons (Fsp3) is 0.600. The van der Waals surface area contributed by atoms with Gasteiger partial charge in [0.15, 0.2) is 0 Å². The Morgan fingerprint density at radius 2 is 2.14 bits per heavy atom. The van der Waals surface area contributed by atoms with Crippen molar-refractivity contribution in [2.45, 2.75) is 26.2 Å². The largest absolute Gasteiger partial charge is 0.496 e. The number of hydrogen-bond donors (Lipinski definition) is 1. The molecular formula is C15H24N2O3S. The van der Waals surface area contributed by atoms with E-state index in [1.165, 1.54) is 0 Å². The second-order valence-electron chi connectivity index (χ2n) is 5.57. The number of ether oxygens (including phenoxy) is 1. The Balaban J connectivity index is 1.90. The topological polar surface area (TPSA) is 58.6 Å². The van der Waals surface area contributed by atoms with Gasteiger partial charge in [-0.3, -0.25) is 0 Å². The molecule has 118 valence electrons. The maximum absolute atomic E-state index is 12.3. The van der Waals surface area contributed by atoms with Crippen molar-refractivity contribution >= 4 is 10.2 Å². The average Bonchev–Trinajstić information content (AvgIpc) is 2.47. The van der Waals surface area contributed by atoms with E-state index in [9.17, 15) is 8.42 Å². The minimum absolute atomic E-state index is 0.383. The molecule has 1 N–H and O–H groups in total.